The molecule has 0 saturated carbocycles. The zero-order chi connectivity index (χ0) is 25.4. The summed E-state index contributed by atoms with van der Waals surface area (Å²) >= 11 is 1.36. The van der Waals surface area contributed by atoms with E-state index in [0.717, 1.165) is 27.1 Å². The quantitative estimate of drug-likeness (QED) is 0.472. The standard InChI is InChI=1S/C23H24N4O5S3/c1-4-34(29,30)26-19-8-5-9-20(14-19)35(31,32)27-12-6-7-17-13-18(10-11-21(17)27)22-15(2)24-23(33-22)25-16(3)28/h4-5,8-11,13-14,26H,1,6-7,12H2,2-3H3,(H,24,25,28). The molecule has 2 N–H and O–H groups in total. The SMILES string of the molecule is C=CS(=O)(=O)Nc1cccc(S(=O)(=O)N2CCCc3cc(-c4sc(NC(C)=O)nc4C)ccc32)c1. The highest BCUT2D eigenvalue weighted by atomic mass is 32.2. The van der Waals surface area contributed by atoms with Crippen molar-refractivity contribution >= 4 is 53.8 Å². The number of aromatic nitrogens is 1. The Bertz CT molecular complexity index is 1530. The van der Waals surface area contributed by atoms with Crippen LogP contribution in [0.3, 0.4) is 0 Å². The van der Waals surface area contributed by atoms with Gasteiger partial charge in [-0.05, 0) is 61.2 Å². The normalized spacial score (nSPS) is 13.7. The van der Waals surface area contributed by atoms with Crippen LogP contribution in [0.4, 0.5) is 16.5 Å². The van der Waals surface area contributed by atoms with E-state index >= 15 is 0 Å². The summed E-state index contributed by atoms with van der Waals surface area (Å²) in [6.07, 6.45) is 1.35. The van der Waals surface area contributed by atoms with Gasteiger partial charge in [-0.15, -0.1) is 0 Å². The Hall–Kier alpha value is -3.22. The van der Waals surface area contributed by atoms with Gasteiger partial charge in [-0.1, -0.05) is 30.0 Å². The summed E-state index contributed by atoms with van der Waals surface area (Å²) in [5.74, 6) is -0.196. The summed E-state index contributed by atoms with van der Waals surface area (Å²) in [5.41, 5.74) is 3.28. The Kier molecular flexibility index (Phi) is 6.71. The molecule has 0 fully saturated rings. The molecule has 1 amide bonds. The molecule has 2 aromatic carbocycles. The molecule has 0 radical (unpaired) electrons. The molecule has 1 aliphatic rings. The lowest BCUT2D eigenvalue weighted by atomic mass is 10.00. The van der Waals surface area contributed by atoms with E-state index in [-0.39, 0.29) is 16.5 Å². The van der Waals surface area contributed by atoms with Crippen molar-refractivity contribution in [2.24, 2.45) is 0 Å². The molecular weight excluding hydrogens is 508 g/mol. The number of rotatable bonds is 7. The lowest BCUT2D eigenvalue weighted by Crippen LogP contribution is -2.35. The predicted molar refractivity (Wildman–Crippen MR) is 139 cm³/mol. The highest BCUT2D eigenvalue weighted by molar-refractivity contribution is 7.95. The minimum atomic E-state index is -3.94. The number of fused-ring (bicyclic) bond motifs is 1. The molecule has 0 aliphatic carbocycles. The number of carbonyl (C=O) groups is 1. The first kappa shape index (κ1) is 24.9. The number of hydrogen-bond acceptors (Lipinski definition) is 7. The Labute approximate surface area is 208 Å². The van der Waals surface area contributed by atoms with Gasteiger partial charge in [-0.25, -0.2) is 21.8 Å². The zero-order valence-corrected chi connectivity index (χ0v) is 21.6. The monoisotopic (exact) mass is 532 g/mol. The van der Waals surface area contributed by atoms with Crippen LogP contribution in [0.2, 0.25) is 0 Å². The molecule has 4 rings (SSSR count). The third kappa shape index (κ3) is 5.24. The van der Waals surface area contributed by atoms with Crippen molar-refractivity contribution in [2.75, 3.05) is 20.9 Å². The molecule has 35 heavy (non-hydrogen) atoms. The average Bonchev–Trinajstić information content (AvgIpc) is 3.17. The molecule has 184 valence electrons. The molecule has 3 aromatic rings. The van der Waals surface area contributed by atoms with E-state index in [9.17, 15) is 21.6 Å². The van der Waals surface area contributed by atoms with Crippen molar-refractivity contribution in [1.29, 1.82) is 0 Å². The number of benzene rings is 2. The number of nitrogens with zero attached hydrogens (tertiary/aromatic N) is 2. The van der Waals surface area contributed by atoms with Crippen LogP contribution < -0.4 is 14.3 Å². The number of hydrogen-bond donors (Lipinski definition) is 2. The topological polar surface area (TPSA) is 126 Å². The highest BCUT2D eigenvalue weighted by Gasteiger charge is 2.30. The van der Waals surface area contributed by atoms with Crippen molar-refractivity contribution in [3.63, 3.8) is 0 Å². The largest absolute Gasteiger partial charge is 0.302 e. The Morgan fingerprint density at radius 2 is 1.94 bits per heavy atom. The molecule has 1 aromatic heterocycles. The summed E-state index contributed by atoms with van der Waals surface area (Å²) in [6.45, 7) is 6.84. The van der Waals surface area contributed by atoms with Crippen LogP contribution in [0.1, 0.15) is 24.6 Å². The smallest absolute Gasteiger partial charge is 0.264 e. The van der Waals surface area contributed by atoms with Crippen molar-refractivity contribution < 1.29 is 21.6 Å². The van der Waals surface area contributed by atoms with Gasteiger partial charge in [0, 0.05) is 18.9 Å². The summed E-state index contributed by atoms with van der Waals surface area (Å²) in [6, 6.07) is 11.3. The van der Waals surface area contributed by atoms with Gasteiger partial charge in [0.05, 0.1) is 26.8 Å². The van der Waals surface area contributed by atoms with E-state index in [4.69, 9.17) is 0 Å². The number of sulfonamides is 2. The second kappa shape index (κ2) is 9.44. The van der Waals surface area contributed by atoms with Crippen LogP contribution in [0.5, 0.6) is 0 Å². The Morgan fingerprint density at radius 1 is 1.17 bits per heavy atom. The first-order valence-corrected chi connectivity index (χ1v) is 14.5. The molecule has 0 bridgehead atoms. The maximum Gasteiger partial charge on any atom is 0.264 e. The summed E-state index contributed by atoms with van der Waals surface area (Å²) in [4.78, 5) is 16.7. The average molecular weight is 533 g/mol. The minimum Gasteiger partial charge on any atom is -0.302 e. The lowest BCUT2D eigenvalue weighted by Gasteiger charge is -2.31. The van der Waals surface area contributed by atoms with Crippen LogP contribution in [0, 0.1) is 6.92 Å². The molecule has 2 heterocycles. The number of carbonyl (C=O) groups excluding carboxylic acids is 1. The lowest BCUT2D eigenvalue weighted by molar-refractivity contribution is -0.114. The highest BCUT2D eigenvalue weighted by Crippen LogP contribution is 2.38. The molecule has 0 saturated heterocycles. The molecule has 9 nitrogen and oxygen atoms in total. The number of thiazole rings is 1. The number of anilines is 3. The van der Waals surface area contributed by atoms with E-state index in [1.54, 1.807) is 6.07 Å². The van der Waals surface area contributed by atoms with Gasteiger partial charge in [-0.3, -0.25) is 13.8 Å². The van der Waals surface area contributed by atoms with Crippen molar-refractivity contribution in [3.05, 3.63) is 65.7 Å². The first-order valence-electron chi connectivity index (χ1n) is 10.7. The third-order valence-corrected chi connectivity index (χ3v) is 9.29. The van der Waals surface area contributed by atoms with Gasteiger partial charge >= 0.3 is 0 Å². The fourth-order valence-corrected chi connectivity index (χ4v) is 7.01. The van der Waals surface area contributed by atoms with Crippen molar-refractivity contribution in [3.8, 4) is 10.4 Å². The number of nitrogens with one attached hydrogen (secondary N) is 2. The molecule has 0 spiro atoms. The van der Waals surface area contributed by atoms with Crippen LogP contribution in [0.25, 0.3) is 10.4 Å². The summed E-state index contributed by atoms with van der Waals surface area (Å²) < 4.78 is 54.3. The molecular formula is C23H24N4O5S3. The summed E-state index contributed by atoms with van der Waals surface area (Å²) in [7, 11) is -7.71. The van der Waals surface area contributed by atoms with E-state index in [2.05, 4.69) is 21.6 Å². The van der Waals surface area contributed by atoms with Crippen LogP contribution >= 0.6 is 11.3 Å². The Balaban J connectivity index is 1.68. The van der Waals surface area contributed by atoms with E-state index in [1.165, 1.54) is 46.8 Å². The van der Waals surface area contributed by atoms with E-state index in [0.29, 0.717) is 30.2 Å². The second-order valence-corrected chi connectivity index (χ2v) is 12.5. The fourth-order valence-electron chi connectivity index (χ4n) is 3.88. The van der Waals surface area contributed by atoms with Crippen LogP contribution in [0.15, 0.2) is 59.3 Å². The number of aryl methyl sites for hydroxylation is 2. The minimum absolute atomic E-state index is 0.0167. The van der Waals surface area contributed by atoms with Crippen molar-refractivity contribution in [2.45, 2.75) is 31.6 Å². The van der Waals surface area contributed by atoms with E-state index in [1.807, 2.05) is 19.1 Å². The van der Waals surface area contributed by atoms with Gasteiger partial charge in [-0.2, -0.15) is 0 Å². The van der Waals surface area contributed by atoms with Gasteiger partial charge in [0.15, 0.2) is 5.13 Å². The molecule has 0 unspecified atom stereocenters. The Morgan fingerprint density at radius 3 is 2.66 bits per heavy atom. The maximum atomic E-state index is 13.5. The van der Waals surface area contributed by atoms with E-state index < -0.39 is 20.0 Å². The summed E-state index contributed by atoms with van der Waals surface area (Å²) in [5, 5.41) is 3.97. The fraction of sp³-hybridized carbons (Fsp3) is 0.217. The van der Waals surface area contributed by atoms with Gasteiger partial charge in [0.1, 0.15) is 0 Å². The molecule has 12 heteroatoms. The van der Waals surface area contributed by atoms with Gasteiger partial charge in [0.2, 0.25) is 5.91 Å². The third-order valence-electron chi connectivity index (χ3n) is 5.40. The number of amides is 1. The second-order valence-electron chi connectivity index (χ2n) is 7.98. The zero-order valence-electron chi connectivity index (χ0n) is 19.1. The molecule has 0 atom stereocenters. The predicted octanol–water partition coefficient (Wildman–Crippen LogP) is 4.10. The van der Waals surface area contributed by atoms with Crippen LogP contribution in [-0.2, 0) is 31.3 Å². The van der Waals surface area contributed by atoms with Crippen LogP contribution in [-0.4, -0.2) is 34.3 Å². The van der Waals surface area contributed by atoms with Gasteiger partial charge in [0.25, 0.3) is 20.0 Å². The van der Waals surface area contributed by atoms with Gasteiger partial charge < -0.3 is 5.32 Å². The van der Waals surface area contributed by atoms with Crippen molar-refractivity contribution in [1.82, 2.24) is 4.98 Å². The first-order chi connectivity index (χ1) is 16.5. The molecule has 1 aliphatic heterocycles. The maximum absolute atomic E-state index is 13.5.